The molecule has 5 nitrogen and oxygen atoms in total. The molecule has 0 bridgehead atoms. The largest absolute Gasteiger partial charge is 0.452 e. The number of rotatable bonds is 10. The number of furan rings is 1. The minimum absolute atomic E-state index is 0.0848. The molecule has 1 rings (SSSR count). The van der Waals surface area contributed by atoms with E-state index in [4.69, 9.17) is 4.42 Å². The van der Waals surface area contributed by atoms with Crippen LogP contribution in [0.4, 0.5) is 0 Å². The Bertz CT molecular complexity index is 528. The standard InChI is InChI=1S/C14H25BrN2O3S/c1-4-6-7-11(3)17-21(18,19)13-9-12(20-14(13)15)10-16-8-5-2/h9,11,16-17H,4-8,10H2,1-3H3. The zero-order valence-electron chi connectivity index (χ0n) is 12.9. The van der Waals surface area contributed by atoms with E-state index in [-0.39, 0.29) is 15.6 Å². The fraction of sp³-hybridized carbons (Fsp3) is 0.714. The highest BCUT2D eigenvalue weighted by molar-refractivity contribution is 9.10. The van der Waals surface area contributed by atoms with Crippen molar-refractivity contribution in [2.24, 2.45) is 0 Å². The molecule has 1 aromatic rings. The molecule has 0 amide bonds. The van der Waals surface area contributed by atoms with Crippen molar-refractivity contribution in [2.45, 2.75) is 63.9 Å². The van der Waals surface area contributed by atoms with Crippen molar-refractivity contribution in [2.75, 3.05) is 6.54 Å². The molecule has 7 heteroatoms. The SMILES string of the molecule is CCCCC(C)NS(=O)(=O)c1cc(CNCCC)oc1Br. The van der Waals surface area contributed by atoms with Crippen molar-refractivity contribution in [3.8, 4) is 0 Å². The number of nitrogens with one attached hydrogen (secondary N) is 2. The van der Waals surface area contributed by atoms with Crippen LogP contribution in [-0.2, 0) is 16.6 Å². The Morgan fingerprint density at radius 1 is 1.33 bits per heavy atom. The summed E-state index contributed by atoms with van der Waals surface area (Å²) in [6.07, 6.45) is 3.90. The number of unbranched alkanes of at least 4 members (excludes halogenated alkanes) is 1. The van der Waals surface area contributed by atoms with Gasteiger partial charge >= 0.3 is 0 Å². The molecule has 1 atom stereocenters. The van der Waals surface area contributed by atoms with Crippen molar-refractivity contribution in [1.82, 2.24) is 10.0 Å². The first-order valence-corrected chi connectivity index (χ1v) is 9.69. The van der Waals surface area contributed by atoms with Crippen LogP contribution in [0.25, 0.3) is 0 Å². The molecule has 2 N–H and O–H groups in total. The first-order chi connectivity index (χ1) is 9.90. The summed E-state index contributed by atoms with van der Waals surface area (Å²) in [4.78, 5) is 0.166. The molecule has 0 spiro atoms. The third-order valence-corrected chi connectivity index (χ3v) is 5.52. The van der Waals surface area contributed by atoms with Crippen molar-refractivity contribution in [3.05, 3.63) is 16.5 Å². The molecule has 122 valence electrons. The molecule has 0 aliphatic heterocycles. The fourth-order valence-corrected chi connectivity index (χ4v) is 4.23. The van der Waals surface area contributed by atoms with Crippen molar-refractivity contribution in [1.29, 1.82) is 0 Å². The van der Waals surface area contributed by atoms with Crippen LogP contribution in [0.5, 0.6) is 0 Å². The molecule has 0 aromatic carbocycles. The van der Waals surface area contributed by atoms with Crippen LogP contribution in [0, 0.1) is 0 Å². The highest BCUT2D eigenvalue weighted by atomic mass is 79.9. The van der Waals surface area contributed by atoms with Crippen LogP contribution in [0.15, 0.2) is 20.0 Å². The summed E-state index contributed by atoms with van der Waals surface area (Å²) >= 11 is 3.19. The van der Waals surface area contributed by atoms with Crippen molar-refractivity contribution in [3.63, 3.8) is 0 Å². The first-order valence-electron chi connectivity index (χ1n) is 7.42. The summed E-state index contributed by atoms with van der Waals surface area (Å²) in [5.74, 6) is 0.608. The number of hydrogen-bond donors (Lipinski definition) is 2. The Balaban J connectivity index is 2.74. The predicted molar refractivity (Wildman–Crippen MR) is 87.7 cm³/mol. The Morgan fingerprint density at radius 3 is 2.67 bits per heavy atom. The highest BCUT2D eigenvalue weighted by Gasteiger charge is 2.24. The zero-order chi connectivity index (χ0) is 15.9. The van der Waals surface area contributed by atoms with E-state index in [1.807, 2.05) is 6.92 Å². The van der Waals surface area contributed by atoms with Gasteiger partial charge in [0.15, 0.2) is 4.67 Å². The van der Waals surface area contributed by atoms with Gasteiger partial charge in [-0.2, -0.15) is 0 Å². The van der Waals surface area contributed by atoms with E-state index in [9.17, 15) is 8.42 Å². The van der Waals surface area contributed by atoms with Gasteiger partial charge in [0.1, 0.15) is 10.7 Å². The fourth-order valence-electron chi connectivity index (χ4n) is 1.95. The molecule has 0 aliphatic rings. The first kappa shape index (κ1) is 18.7. The monoisotopic (exact) mass is 380 g/mol. The smallest absolute Gasteiger partial charge is 0.245 e. The lowest BCUT2D eigenvalue weighted by Crippen LogP contribution is -2.32. The van der Waals surface area contributed by atoms with Gasteiger partial charge in [0.2, 0.25) is 10.0 Å². The van der Waals surface area contributed by atoms with Crippen LogP contribution in [-0.4, -0.2) is 21.0 Å². The predicted octanol–water partition coefficient (Wildman–Crippen LogP) is 3.40. The number of sulfonamides is 1. The van der Waals surface area contributed by atoms with Gasteiger partial charge < -0.3 is 9.73 Å². The van der Waals surface area contributed by atoms with E-state index >= 15 is 0 Å². The van der Waals surface area contributed by atoms with E-state index in [2.05, 4.69) is 39.8 Å². The van der Waals surface area contributed by atoms with Crippen LogP contribution in [0.1, 0.15) is 52.2 Å². The molecule has 0 aliphatic carbocycles. The van der Waals surface area contributed by atoms with Gasteiger partial charge in [0, 0.05) is 12.1 Å². The van der Waals surface area contributed by atoms with E-state index in [1.165, 1.54) is 0 Å². The van der Waals surface area contributed by atoms with E-state index in [1.54, 1.807) is 6.07 Å². The van der Waals surface area contributed by atoms with Crippen LogP contribution in [0.3, 0.4) is 0 Å². The molecular weight excluding hydrogens is 356 g/mol. The molecule has 0 fully saturated rings. The van der Waals surface area contributed by atoms with Gasteiger partial charge in [-0.1, -0.05) is 26.7 Å². The maximum absolute atomic E-state index is 12.3. The lowest BCUT2D eigenvalue weighted by atomic mass is 10.2. The normalized spacial score (nSPS) is 13.5. The molecule has 1 aromatic heterocycles. The average Bonchev–Trinajstić information content (AvgIpc) is 2.78. The summed E-state index contributed by atoms with van der Waals surface area (Å²) in [5.41, 5.74) is 0. The molecule has 0 radical (unpaired) electrons. The van der Waals surface area contributed by atoms with E-state index < -0.39 is 10.0 Å². The van der Waals surface area contributed by atoms with Gasteiger partial charge in [-0.25, -0.2) is 13.1 Å². The second kappa shape index (κ2) is 8.92. The van der Waals surface area contributed by atoms with E-state index in [0.29, 0.717) is 12.3 Å². The second-order valence-corrected chi connectivity index (χ2v) is 7.59. The molecular formula is C14H25BrN2O3S. The maximum Gasteiger partial charge on any atom is 0.245 e. The van der Waals surface area contributed by atoms with Gasteiger partial charge in [-0.05, 0) is 42.2 Å². The van der Waals surface area contributed by atoms with Crippen LogP contribution >= 0.6 is 15.9 Å². The zero-order valence-corrected chi connectivity index (χ0v) is 15.3. The van der Waals surface area contributed by atoms with Gasteiger partial charge in [0.05, 0.1) is 6.54 Å². The Morgan fingerprint density at radius 2 is 2.05 bits per heavy atom. The van der Waals surface area contributed by atoms with Crippen LogP contribution < -0.4 is 10.0 Å². The van der Waals surface area contributed by atoms with Gasteiger partial charge in [-0.3, -0.25) is 0 Å². The second-order valence-electron chi connectivity index (χ2n) is 5.19. The lowest BCUT2D eigenvalue weighted by Gasteiger charge is -2.12. The van der Waals surface area contributed by atoms with Crippen molar-refractivity contribution >= 4 is 26.0 Å². The van der Waals surface area contributed by atoms with Crippen molar-refractivity contribution < 1.29 is 12.8 Å². The summed E-state index contributed by atoms with van der Waals surface area (Å²) in [5, 5.41) is 3.18. The summed E-state index contributed by atoms with van der Waals surface area (Å²) in [7, 11) is -3.55. The minimum Gasteiger partial charge on any atom is -0.452 e. The molecule has 0 saturated heterocycles. The molecule has 0 saturated carbocycles. The number of hydrogen-bond acceptors (Lipinski definition) is 4. The summed E-state index contributed by atoms with van der Waals surface area (Å²) < 4.78 is 33.1. The van der Waals surface area contributed by atoms with E-state index in [0.717, 1.165) is 32.2 Å². The Labute approximate surface area is 136 Å². The third kappa shape index (κ3) is 6.10. The van der Waals surface area contributed by atoms with Gasteiger partial charge in [-0.15, -0.1) is 0 Å². The summed E-state index contributed by atoms with van der Waals surface area (Å²) in [6, 6.07) is 1.49. The minimum atomic E-state index is -3.55. The molecule has 21 heavy (non-hydrogen) atoms. The Kier molecular flexibility index (Phi) is 7.94. The quantitative estimate of drug-likeness (QED) is 0.610. The number of halogens is 1. The summed E-state index contributed by atoms with van der Waals surface area (Å²) in [6.45, 7) is 7.43. The topological polar surface area (TPSA) is 71.3 Å². The van der Waals surface area contributed by atoms with Gasteiger partial charge in [0.25, 0.3) is 0 Å². The lowest BCUT2D eigenvalue weighted by molar-refractivity contribution is 0.460. The molecule has 1 unspecified atom stereocenters. The molecule has 1 heterocycles. The average molecular weight is 381 g/mol. The maximum atomic E-state index is 12.3. The van der Waals surface area contributed by atoms with Crippen LogP contribution in [0.2, 0.25) is 0 Å². The highest BCUT2D eigenvalue weighted by Crippen LogP contribution is 2.26. The third-order valence-electron chi connectivity index (χ3n) is 3.07. The Hall–Kier alpha value is -0.370.